The third-order valence-corrected chi connectivity index (χ3v) is 4.49. The van der Waals surface area contributed by atoms with E-state index in [1.165, 1.54) is 12.1 Å². The van der Waals surface area contributed by atoms with E-state index < -0.39 is 22.8 Å². The second-order valence-electron chi connectivity index (χ2n) is 4.98. The van der Waals surface area contributed by atoms with Gasteiger partial charge in [-0.3, -0.25) is 4.72 Å². The highest BCUT2D eigenvalue weighted by Crippen LogP contribution is 2.26. The molecule has 2 heterocycles. The molecule has 10 heteroatoms. The third-order valence-electron chi connectivity index (χ3n) is 3.11. The minimum absolute atomic E-state index is 0.0651. The Kier molecular flexibility index (Phi) is 4.29. The van der Waals surface area contributed by atoms with Gasteiger partial charge in [-0.05, 0) is 24.3 Å². The van der Waals surface area contributed by atoms with Crippen molar-refractivity contribution in [3.05, 3.63) is 48.9 Å². The van der Waals surface area contributed by atoms with Crippen molar-refractivity contribution < 1.29 is 30.7 Å². The second-order valence-corrected chi connectivity index (χ2v) is 6.64. The van der Waals surface area contributed by atoms with Gasteiger partial charge in [0.15, 0.2) is 6.61 Å². The molecule has 0 bridgehead atoms. The van der Waals surface area contributed by atoms with Crippen LogP contribution < -0.4 is 9.46 Å². The molecule has 3 rings (SSSR count). The number of para-hydroxylation sites is 1. The van der Waals surface area contributed by atoms with Crippen molar-refractivity contribution in [2.75, 3.05) is 11.3 Å². The maximum atomic E-state index is 12.4. The van der Waals surface area contributed by atoms with E-state index in [4.69, 9.17) is 4.42 Å². The van der Waals surface area contributed by atoms with Crippen LogP contribution in [-0.2, 0) is 10.0 Å². The van der Waals surface area contributed by atoms with Crippen molar-refractivity contribution in [1.29, 1.82) is 0 Å². The minimum Gasteiger partial charge on any atom is -0.483 e. The number of ether oxygens (including phenoxy) is 1. The Bertz CT molecular complexity index is 982. The lowest BCUT2D eigenvalue weighted by Gasteiger charge is -2.10. The number of pyridine rings is 1. The molecule has 0 saturated heterocycles. The summed E-state index contributed by atoms with van der Waals surface area (Å²) in [6.07, 6.45) is -2.37. The number of sulfonamides is 1. The van der Waals surface area contributed by atoms with Crippen molar-refractivity contribution in [2.24, 2.45) is 0 Å². The standard InChI is InChI=1S/C15H11F3N2O4S/c16-15(17,18)9-24-10-5-6-14(19-7-10)20-25(21,22)13-8-23-12-4-2-1-3-11(12)13/h1-8H,9H2,(H,19,20). The Balaban J connectivity index is 1.77. The molecule has 0 saturated carbocycles. The summed E-state index contributed by atoms with van der Waals surface area (Å²) in [5.41, 5.74) is 0.409. The first kappa shape index (κ1) is 17.1. The molecule has 0 spiro atoms. The Hall–Kier alpha value is -2.75. The summed E-state index contributed by atoms with van der Waals surface area (Å²) in [5.74, 6) is -0.196. The van der Waals surface area contributed by atoms with Crippen LogP contribution in [0.15, 0.2) is 58.2 Å². The largest absolute Gasteiger partial charge is 0.483 e. The number of aromatic nitrogens is 1. The van der Waals surface area contributed by atoms with Gasteiger partial charge >= 0.3 is 6.18 Å². The van der Waals surface area contributed by atoms with Crippen LogP contribution in [0.3, 0.4) is 0 Å². The number of halogens is 3. The van der Waals surface area contributed by atoms with E-state index in [0.29, 0.717) is 11.0 Å². The van der Waals surface area contributed by atoms with Crippen molar-refractivity contribution >= 4 is 26.8 Å². The first-order valence-electron chi connectivity index (χ1n) is 6.89. The number of nitrogens with zero attached hydrogens (tertiary/aromatic N) is 1. The molecule has 0 unspecified atom stereocenters. The van der Waals surface area contributed by atoms with Gasteiger partial charge in [-0.1, -0.05) is 12.1 Å². The Morgan fingerprint density at radius 2 is 1.92 bits per heavy atom. The van der Waals surface area contributed by atoms with Crippen molar-refractivity contribution in [3.8, 4) is 5.75 Å². The number of rotatable bonds is 5. The van der Waals surface area contributed by atoms with E-state index in [1.54, 1.807) is 24.3 Å². The average molecular weight is 372 g/mol. The molecule has 2 aromatic heterocycles. The van der Waals surface area contributed by atoms with Gasteiger partial charge in [-0.25, -0.2) is 13.4 Å². The summed E-state index contributed by atoms with van der Waals surface area (Å²) < 4.78 is 73.0. The number of benzene rings is 1. The lowest BCUT2D eigenvalue weighted by atomic mass is 10.3. The van der Waals surface area contributed by atoms with Gasteiger partial charge in [0, 0.05) is 5.39 Å². The predicted octanol–water partition coefficient (Wildman–Crippen LogP) is 3.57. The Morgan fingerprint density at radius 3 is 2.60 bits per heavy atom. The van der Waals surface area contributed by atoms with Crippen molar-refractivity contribution in [3.63, 3.8) is 0 Å². The Labute approximate surface area is 140 Å². The van der Waals surface area contributed by atoms with Gasteiger partial charge in [0.2, 0.25) is 0 Å². The number of hydrogen-bond acceptors (Lipinski definition) is 5. The van der Waals surface area contributed by atoms with Crippen LogP contribution in [-0.4, -0.2) is 26.2 Å². The fraction of sp³-hybridized carbons (Fsp3) is 0.133. The summed E-state index contributed by atoms with van der Waals surface area (Å²) in [4.78, 5) is 3.67. The molecule has 0 amide bonds. The van der Waals surface area contributed by atoms with Crippen LogP contribution in [0.2, 0.25) is 0 Å². The van der Waals surface area contributed by atoms with Crippen LogP contribution in [0, 0.1) is 0 Å². The molecule has 132 valence electrons. The quantitative estimate of drug-likeness (QED) is 0.740. The number of fused-ring (bicyclic) bond motifs is 1. The second kappa shape index (κ2) is 6.28. The van der Waals surface area contributed by atoms with Crippen LogP contribution in [0.4, 0.5) is 19.0 Å². The van der Waals surface area contributed by atoms with Crippen molar-refractivity contribution in [2.45, 2.75) is 11.1 Å². The first-order chi connectivity index (χ1) is 11.7. The molecule has 3 aromatic rings. The van der Waals surface area contributed by atoms with Crippen LogP contribution >= 0.6 is 0 Å². The zero-order chi connectivity index (χ0) is 18.1. The number of anilines is 1. The smallest absolute Gasteiger partial charge is 0.422 e. The molecule has 0 atom stereocenters. The van der Waals surface area contributed by atoms with Gasteiger partial charge in [-0.2, -0.15) is 13.2 Å². The maximum Gasteiger partial charge on any atom is 0.422 e. The molecule has 25 heavy (non-hydrogen) atoms. The zero-order valence-corrected chi connectivity index (χ0v) is 13.3. The molecule has 1 aromatic carbocycles. The molecule has 0 aliphatic carbocycles. The molecule has 6 nitrogen and oxygen atoms in total. The highest BCUT2D eigenvalue weighted by atomic mass is 32.2. The van der Waals surface area contributed by atoms with E-state index in [0.717, 1.165) is 12.5 Å². The molecule has 1 N–H and O–H groups in total. The fourth-order valence-corrected chi connectivity index (χ4v) is 3.18. The topological polar surface area (TPSA) is 81.4 Å². The zero-order valence-electron chi connectivity index (χ0n) is 12.4. The summed E-state index contributed by atoms with van der Waals surface area (Å²) >= 11 is 0. The van der Waals surface area contributed by atoms with E-state index in [-0.39, 0.29) is 16.5 Å². The van der Waals surface area contributed by atoms with E-state index in [2.05, 4.69) is 14.4 Å². The lowest BCUT2D eigenvalue weighted by Crippen LogP contribution is -2.19. The SMILES string of the molecule is O=S(=O)(Nc1ccc(OCC(F)(F)F)cn1)c1coc2ccccc12. The maximum absolute atomic E-state index is 12.4. The fourth-order valence-electron chi connectivity index (χ4n) is 2.05. The monoisotopic (exact) mass is 372 g/mol. The molecule has 0 fully saturated rings. The number of hydrogen-bond donors (Lipinski definition) is 1. The molecular weight excluding hydrogens is 361 g/mol. The highest BCUT2D eigenvalue weighted by Gasteiger charge is 2.28. The summed E-state index contributed by atoms with van der Waals surface area (Å²) in [6.45, 7) is -1.46. The van der Waals surface area contributed by atoms with Crippen LogP contribution in [0.25, 0.3) is 11.0 Å². The highest BCUT2D eigenvalue weighted by molar-refractivity contribution is 7.93. The Morgan fingerprint density at radius 1 is 1.16 bits per heavy atom. The normalized spacial score (nSPS) is 12.3. The van der Waals surface area contributed by atoms with Gasteiger partial charge < -0.3 is 9.15 Å². The first-order valence-corrected chi connectivity index (χ1v) is 8.38. The summed E-state index contributed by atoms with van der Waals surface area (Å²) in [6, 6.07) is 8.97. The molecule has 0 aliphatic rings. The van der Waals surface area contributed by atoms with E-state index >= 15 is 0 Å². The average Bonchev–Trinajstić information content (AvgIpc) is 2.98. The van der Waals surface area contributed by atoms with Crippen LogP contribution in [0.1, 0.15) is 0 Å². The third kappa shape index (κ3) is 4.02. The van der Waals surface area contributed by atoms with Gasteiger partial charge in [0.25, 0.3) is 10.0 Å². The predicted molar refractivity (Wildman–Crippen MR) is 82.8 cm³/mol. The molecule has 0 aliphatic heterocycles. The molecular formula is C15H11F3N2O4S. The number of furan rings is 1. The molecule has 0 radical (unpaired) electrons. The van der Waals surface area contributed by atoms with Gasteiger partial charge in [-0.15, -0.1) is 0 Å². The van der Waals surface area contributed by atoms with E-state index in [9.17, 15) is 21.6 Å². The number of nitrogens with one attached hydrogen (secondary N) is 1. The van der Waals surface area contributed by atoms with Crippen molar-refractivity contribution in [1.82, 2.24) is 4.98 Å². The minimum atomic E-state index is -4.47. The van der Waals surface area contributed by atoms with Gasteiger partial charge in [0.05, 0.1) is 6.20 Å². The van der Waals surface area contributed by atoms with E-state index in [1.807, 2.05) is 0 Å². The van der Waals surface area contributed by atoms with Gasteiger partial charge in [0.1, 0.15) is 28.3 Å². The lowest BCUT2D eigenvalue weighted by molar-refractivity contribution is -0.153. The number of alkyl halides is 3. The summed E-state index contributed by atoms with van der Waals surface area (Å²) in [7, 11) is -3.97. The summed E-state index contributed by atoms with van der Waals surface area (Å²) in [5, 5.41) is 0.403. The van der Waals surface area contributed by atoms with Crippen LogP contribution in [0.5, 0.6) is 5.75 Å².